The number of carbonyl (C=O) groups is 1. The molecule has 0 spiro atoms. The first-order chi connectivity index (χ1) is 14.6. The molecule has 3 aromatic rings. The van der Waals surface area contributed by atoms with Crippen molar-refractivity contribution in [2.75, 3.05) is 12.4 Å². The SMILES string of the molecule is Cc1nn(C)cc1CN(C)C(=O)c1cc2n(n1)C(C(F)(F)F)CC(c1ccccc1)N2. The molecule has 164 valence electrons. The molecule has 1 N–H and O–H groups in total. The van der Waals surface area contributed by atoms with Crippen LogP contribution in [0.15, 0.2) is 42.6 Å². The molecule has 1 aliphatic heterocycles. The summed E-state index contributed by atoms with van der Waals surface area (Å²) in [6.07, 6.45) is -2.89. The Bertz CT molecular complexity index is 1090. The van der Waals surface area contributed by atoms with E-state index in [-0.39, 0.29) is 24.5 Å². The highest BCUT2D eigenvalue weighted by Crippen LogP contribution is 2.43. The summed E-state index contributed by atoms with van der Waals surface area (Å²) < 4.78 is 44.0. The summed E-state index contributed by atoms with van der Waals surface area (Å²) in [5.41, 5.74) is 2.37. The Kier molecular flexibility index (Phi) is 5.24. The van der Waals surface area contributed by atoms with E-state index in [1.807, 2.05) is 19.2 Å². The molecule has 0 aliphatic carbocycles. The maximum atomic E-state index is 13.8. The van der Waals surface area contributed by atoms with E-state index in [0.717, 1.165) is 21.5 Å². The second-order valence-corrected chi connectivity index (χ2v) is 7.83. The second kappa shape index (κ2) is 7.75. The molecule has 31 heavy (non-hydrogen) atoms. The molecule has 3 heterocycles. The van der Waals surface area contributed by atoms with E-state index >= 15 is 0 Å². The molecule has 0 saturated carbocycles. The summed E-state index contributed by atoms with van der Waals surface area (Å²) in [5, 5.41) is 11.4. The van der Waals surface area contributed by atoms with Gasteiger partial charge < -0.3 is 10.2 Å². The van der Waals surface area contributed by atoms with Crippen LogP contribution in [0.3, 0.4) is 0 Å². The molecule has 0 saturated heterocycles. The number of hydrogen-bond acceptors (Lipinski definition) is 4. The summed E-state index contributed by atoms with van der Waals surface area (Å²) in [4.78, 5) is 14.3. The van der Waals surface area contributed by atoms with Gasteiger partial charge in [-0.05, 0) is 12.5 Å². The van der Waals surface area contributed by atoms with Gasteiger partial charge in [-0.1, -0.05) is 30.3 Å². The van der Waals surface area contributed by atoms with Gasteiger partial charge in [0.05, 0.1) is 11.7 Å². The zero-order chi connectivity index (χ0) is 22.3. The Hall–Kier alpha value is -3.30. The number of halogens is 3. The van der Waals surface area contributed by atoms with Gasteiger partial charge in [0.2, 0.25) is 0 Å². The van der Waals surface area contributed by atoms with Crippen molar-refractivity contribution in [2.24, 2.45) is 7.05 Å². The van der Waals surface area contributed by atoms with E-state index in [0.29, 0.717) is 0 Å². The zero-order valence-corrected chi connectivity index (χ0v) is 17.4. The van der Waals surface area contributed by atoms with E-state index in [1.54, 1.807) is 43.0 Å². The fourth-order valence-corrected chi connectivity index (χ4v) is 3.91. The summed E-state index contributed by atoms with van der Waals surface area (Å²) in [6, 6.07) is 8.00. The van der Waals surface area contributed by atoms with Gasteiger partial charge in [-0.25, -0.2) is 4.68 Å². The fraction of sp³-hybridized carbons (Fsp3) is 0.381. The van der Waals surface area contributed by atoms with Gasteiger partial charge in [0, 0.05) is 44.9 Å². The Labute approximate surface area is 177 Å². The maximum absolute atomic E-state index is 13.8. The molecular formula is C21H23F3N6O. The fourth-order valence-electron chi connectivity index (χ4n) is 3.91. The molecule has 2 aromatic heterocycles. The Morgan fingerprint density at radius 3 is 2.58 bits per heavy atom. The van der Waals surface area contributed by atoms with Gasteiger partial charge in [0.1, 0.15) is 5.82 Å². The molecule has 7 nitrogen and oxygen atoms in total. The Balaban J connectivity index is 1.61. The highest BCUT2D eigenvalue weighted by molar-refractivity contribution is 5.93. The average molecular weight is 432 g/mol. The topological polar surface area (TPSA) is 68.0 Å². The van der Waals surface area contributed by atoms with E-state index in [2.05, 4.69) is 15.5 Å². The number of aryl methyl sites for hydroxylation is 2. The van der Waals surface area contributed by atoms with E-state index in [9.17, 15) is 18.0 Å². The third-order valence-corrected chi connectivity index (χ3v) is 5.48. The third kappa shape index (κ3) is 4.14. The van der Waals surface area contributed by atoms with Crippen LogP contribution in [0.5, 0.6) is 0 Å². The number of anilines is 1. The molecule has 4 rings (SSSR count). The molecule has 1 aliphatic rings. The highest BCUT2D eigenvalue weighted by atomic mass is 19.4. The molecule has 0 bridgehead atoms. The molecule has 0 radical (unpaired) electrons. The predicted molar refractivity (Wildman–Crippen MR) is 108 cm³/mol. The molecule has 2 unspecified atom stereocenters. The first-order valence-corrected chi connectivity index (χ1v) is 9.86. The largest absolute Gasteiger partial charge is 0.410 e. The molecule has 1 amide bonds. The average Bonchev–Trinajstić information content (AvgIpc) is 3.28. The predicted octanol–water partition coefficient (Wildman–Crippen LogP) is 3.86. The standard InChI is InChI=1S/C21H23F3N6O/c1-13-15(12-29(3)26-13)11-28(2)20(31)17-10-19-25-16(14-7-5-4-6-8-14)9-18(21(22,23)24)30(19)27-17/h4-8,10,12,16,18,25H,9,11H2,1-3H3. The number of nitrogens with one attached hydrogen (secondary N) is 1. The molecule has 10 heteroatoms. The first kappa shape index (κ1) is 21.0. The number of fused-ring (bicyclic) bond motifs is 1. The summed E-state index contributed by atoms with van der Waals surface area (Å²) >= 11 is 0. The number of aromatic nitrogens is 4. The number of rotatable bonds is 4. The summed E-state index contributed by atoms with van der Waals surface area (Å²) in [6.45, 7) is 2.12. The smallest absolute Gasteiger partial charge is 0.363 e. The number of carbonyl (C=O) groups excluding carboxylic acids is 1. The minimum atomic E-state index is -4.49. The lowest BCUT2D eigenvalue weighted by Gasteiger charge is -2.33. The van der Waals surface area contributed by atoms with Gasteiger partial charge in [-0.15, -0.1) is 0 Å². The maximum Gasteiger partial charge on any atom is 0.410 e. The van der Waals surface area contributed by atoms with Crippen molar-refractivity contribution < 1.29 is 18.0 Å². The van der Waals surface area contributed by atoms with Crippen molar-refractivity contribution in [3.05, 3.63) is 65.1 Å². The van der Waals surface area contributed by atoms with Gasteiger partial charge >= 0.3 is 6.18 Å². The van der Waals surface area contributed by atoms with Crippen LogP contribution in [0.25, 0.3) is 0 Å². The Morgan fingerprint density at radius 1 is 1.26 bits per heavy atom. The quantitative estimate of drug-likeness (QED) is 0.680. The van der Waals surface area contributed by atoms with Crippen molar-refractivity contribution in [1.29, 1.82) is 0 Å². The molecule has 2 atom stereocenters. The van der Waals surface area contributed by atoms with Gasteiger partial charge in [-0.2, -0.15) is 23.4 Å². The van der Waals surface area contributed by atoms with Crippen molar-refractivity contribution in [3.8, 4) is 0 Å². The van der Waals surface area contributed by atoms with Crippen LogP contribution in [-0.4, -0.2) is 43.6 Å². The summed E-state index contributed by atoms with van der Waals surface area (Å²) in [7, 11) is 3.38. The molecule has 1 aromatic carbocycles. The number of hydrogen-bond donors (Lipinski definition) is 1. The van der Waals surface area contributed by atoms with Crippen LogP contribution in [-0.2, 0) is 13.6 Å². The van der Waals surface area contributed by atoms with Crippen LogP contribution < -0.4 is 5.32 Å². The Morgan fingerprint density at radius 2 is 1.97 bits per heavy atom. The summed E-state index contributed by atoms with van der Waals surface area (Å²) in [5.74, 6) is -0.277. The molecule has 0 fully saturated rings. The van der Waals surface area contributed by atoms with Crippen molar-refractivity contribution in [1.82, 2.24) is 24.5 Å². The van der Waals surface area contributed by atoms with Crippen LogP contribution in [0.4, 0.5) is 19.0 Å². The number of amides is 1. The normalized spacial score (nSPS) is 18.4. The van der Waals surface area contributed by atoms with E-state index < -0.39 is 24.2 Å². The lowest BCUT2D eigenvalue weighted by molar-refractivity contribution is -0.173. The zero-order valence-electron chi connectivity index (χ0n) is 17.4. The van der Waals surface area contributed by atoms with E-state index in [4.69, 9.17) is 0 Å². The number of alkyl halides is 3. The van der Waals surface area contributed by atoms with Crippen molar-refractivity contribution >= 4 is 11.7 Å². The van der Waals surface area contributed by atoms with Crippen LogP contribution in [0.1, 0.15) is 45.8 Å². The van der Waals surface area contributed by atoms with Crippen LogP contribution in [0, 0.1) is 6.92 Å². The van der Waals surface area contributed by atoms with Crippen molar-refractivity contribution in [2.45, 2.75) is 38.1 Å². The number of nitrogens with zero attached hydrogens (tertiary/aromatic N) is 5. The van der Waals surface area contributed by atoms with E-state index in [1.165, 1.54) is 11.0 Å². The lowest BCUT2D eigenvalue weighted by atomic mass is 9.97. The van der Waals surface area contributed by atoms with Crippen LogP contribution >= 0.6 is 0 Å². The van der Waals surface area contributed by atoms with Gasteiger partial charge in [0.15, 0.2) is 11.7 Å². The van der Waals surface area contributed by atoms with Crippen molar-refractivity contribution in [3.63, 3.8) is 0 Å². The van der Waals surface area contributed by atoms with Crippen LogP contribution in [0.2, 0.25) is 0 Å². The monoisotopic (exact) mass is 432 g/mol. The van der Waals surface area contributed by atoms with Gasteiger partial charge in [-0.3, -0.25) is 9.48 Å². The minimum Gasteiger partial charge on any atom is -0.363 e. The lowest BCUT2D eigenvalue weighted by Crippen LogP contribution is -2.35. The first-order valence-electron chi connectivity index (χ1n) is 9.86. The third-order valence-electron chi connectivity index (χ3n) is 5.48. The minimum absolute atomic E-state index is 0.0329. The second-order valence-electron chi connectivity index (χ2n) is 7.83. The number of benzene rings is 1. The molecular weight excluding hydrogens is 409 g/mol. The highest BCUT2D eigenvalue weighted by Gasteiger charge is 2.46. The van der Waals surface area contributed by atoms with Gasteiger partial charge in [0.25, 0.3) is 5.91 Å².